The average molecular weight is 370 g/mol. The van der Waals surface area contributed by atoms with E-state index in [9.17, 15) is 18.4 Å². The first kappa shape index (κ1) is 17.3. The van der Waals surface area contributed by atoms with E-state index < -0.39 is 5.92 Å². The molecule has 27 heavy (non-hydrogen) atoms. The Labute approximate surface area is 153 Å². The molecule has 1 aliphatic heterocycles. The summed E-state index contributed by atoms with van der Waals surface area (Å²) >= 11 is 0. The maximum Gasteiger partial charge on any atom is 0.255 e. The predicted octanol–water partition coefficient (Wildman–Crippen LogP) is 3.10. The summed E-state index contributed by atoms with van der Waals surface area (Å²) in [6, 6.07) is 5.19. The van der Waals surface area contributed by atoms with E-state index in [1.807, 2.05) is 0 Å². The molecule has 0 bridgehead atoms. The number of carbonyl (C=O) groups excluding carboxylic acids is 2. The normalized spacial score (nSPS) is 16.4. The molecule has 138 valence electrons. The van der Waals surface area contributed by atoms with Gasteiger partial charge in [0.25, 0.3) is 11.8 Å². The quantitative estimate of drug-likeness (QED) is 0.665. The molecule has 4 rings (SSSR count). The number of rotatable bonds is 3. The molecule has 0 spiro atoms. The molecule has 4 heterocycles. The lowest BCUT2D eigenvalue weighted by Gasteiger charge is -2.31. The number of fused-ring (bicyclic) bond motifs is 1. The number of nitrogens with zero attached hydrogens (tertiary/aromatic N) is 4. The van der Waals surface area contributed by atoms with Gasteiger partial charge in [0, 0.05) is 55.5 Å². The van der Waals surface area contributed by atoms with Gasteiger partial charge in [-0.1, -0.05) is 0 Å². The largest absolute Gasteiger partial charge is 0.338 e. The Morgan fingerprint density at radius 3 is 2.67 bits per heavy atom. The van der Waals surface area contributed by atoms with Gasteiger partial charge in [-0.25, -0.2) is 13.8 Å². The van der Waals surface area contributed by atoms with Gasteiger partial charge in [0.1, 0.15) is 5.65 Å². The standard InChI is InChI=1S/C19H16F2N4O2/c20-19(21)2-5-24(6-3-19)18(27)15-8-14-1-4-25(17(14)23-10-15)16-7-13(12-26)9-22-11-16/h1,4,7-12H,2-3,5-6H2. The molecular weight excluding hydrogens is 354 g/mol. The minimum Gasteiger partial charge on any atom is -0.338 e. The van der Waals surface area contributed by atoms with E-state index >= 15 is 0 Å². The Kier molecular flexibility index (Phi) is 4.18. The van der Waals surface area contributed by atoms with Crippen LogP contribution in [0.2, 0.25) is 0 Å². The number of aldehydes is 1. The van der Waals surface area contributed by atoms with Crippen LogP contribution in [0, 0.1) is 0 Å². The second kappa shape index (κ2) is 6.53. The number of pyridine rings is 2. The maximum atomic E-state index is 13.3. The van der Waals surface area contributed by atoms with Gasteiger partial charge in [-0.3, -0.25) is 19.1 Å². The van der Waals surface area contributed by atoms with Crippen LogP contribution in [-0.2, 0) is 0 Å². The number of alkyl halides is 2. The van der Waals surface area contributed by atoms with E-state index in [0.717, 1.165) is 5.39 Å². The van der Waals surface area contributed by atoms with Crippen molar-refractivity contribution >= 4 is 23.2 Å². The fourth-order valence-electron chi connectivity index (χ4n) is 3.21. The highest BCUT2D eigenvalue weighted by Crippen LogP contribution is 2.28. The molecule has 3 aromatic rings. The smallest absolute Gasteiger partial charge is 0.255 e. The molecule has 1 aliphatic rings. The molecule has 0 saturated carbocycles. The highest BCUT2D eigenvalue weighted by Gasteiger charge is 2.35. The van der Waals surface area contributed by atoms with Gasteiger partial charge >= 0.3 is 0 Å². The van der Waals surface area contributed by atoms with Crippen LogP contribution in [0.3, 0.4) is 0 Å². The fraction of sp³-hybridized carbons (Fsp3) is 0.263. The summed E-state index contributed by atoms with van der Waals surface area (Å²) in [7, 11) is 0. The monoisotopic (exact) mass is 370 g/mol. The van der Waals surface area contributed by atoms with Gasteiger partial charge in [-0.15, -0.1) is 0 Å². The zero-order valence-corrected chi connectivity index (χ0v) is 14.3. The topological polar surface area (TPSA) is 68.1 Å². The number of halogens is 2. The molecule has 1 saturated heterocycles. The van der Waals surface area contributed by atoms with Gasteiger partial charge in [-0.05, 0) is 18.2 Å². The van der Waals surface area contributed by atoms with E-state index in [1.165, 1.54) is 17.3 Å². The number of hydrogen-bond donors (Lipinski definition) is 0. The molecule has 1 amide bonds. The Morgan fingerprint density at radius 2 is 1.93 bits per heavy atom. The number of aromatic nitrogens is 3. The van der Waals surface area contributed by atoms with Crippen molar-refractivity contribution < 1.29 is 18.4 Å². The van der Waals surface area contributed by atoms with Crippen molar-refractivity contribution in [3.05, 3.63) is 54.1 Å². The number of piperidine rings is 1. The van der Waals surface area contributed by atoms with Crippen molar-refractivity contribution in [1.82, 2.24) is 19.4 Å². The third-order valence-electron chi connectivity index (χ3n) is 4.71. The molecule has 6 nitrogen and oxygen atoms in total. The average Bonchev–Trinajstić information content (AvgIpc) is 3.10. The summed E-state index contributed by atoms with van der Waals surface area (Å²) in [4.78, 5) is 33.4. The van der Waals surface area contributed by atoms with E-state index in [1.54, 1.807) is 35.2 Å². The van der Waals surface area contributed by atoms with Crippen molar-refractivity contribution in [1.29, 1.82) is 0 Å². The number of likely N-dealkylation sites (tertiary alicyclic amines) is 1. The number of carbonyl (C=O) groups is 2. The lowest BCUT2D eigenvalue weighted by Crippen LogP contribution is -2.42. The van der Waals surface area contributed by atoms with Crippen molar-refractivity contribution in [2.75, 3.05) is 13.1 Å². The van der Waals surface area contributed by atoms with Crippen LogP contribution in [0.15, 0.2) is 43.0 Å². The summed E-state index contributed by atoms with van der Waals surface area (Å²) in [5.41, 5.74) is 2.11. The molecule has 0 atom stereocenters. The van der Waals surface area contributed by atoms with Gasteiger partial charge in [0.15, 0.2) is 6.29 Å². The zero-order chi connectivity index (χ0) is 19.0. The van der Waals surface area contributed by atoms with Crippen LogP contribution in [0.25, 0.3) is 16.7 Å². The minimum absolute atomic E-state index is 0.0367. The van der Waals surface area contributed by atoms with Crippen molar-refractivity contribution in [3.8, 4) is 5.69 Å². The lowest BCUT2D eigenvalue weighted by atomic mass is 10.1. The SMILES string of the molecule is O=Cc1cncc(-n2ccc3cc(C(=O)N4CCC(F)(F)CC4)cnc32)c1. The van der Waals surface area contributed by atoms with Gasteiger partial charge in [-0.2, -0.15) is 0 Å². The Balaban J connectivity index is 1.62. The van der Waals surface area contributed by atoms with Crippen molar-refractivity contribution in [2.45, 2.75) is 18.8 Å². The maximum absolute atomic E-state index is 13.3. The lowest BCUT2D eigenvalue weighted by molar-refractivity contribution is -0.0494. The second-order valence-corrected chi connectivity index (χ2v) is 6.57. The zero-order valence-electron chi connectivity index (χ0n) is 14.3. The third kappa shape index (κ3) is 3.30. The molecule has 0 unspecified atom stereocenters. The first-order chi connectivity index (χ1) is 13.0. The first-order valence-electron chi connectivity index (χ1n) is 8.52. The van der Waals surface area contributed by atoms with Crippen LogP contribution in [0.1, 0.15) is 33.6 Å². The summed E-state index contributed by atoms with van der Waals surface area (Å²) in [6.45, 7) is 0.0735. The summed E-state index contributed by atoms with van der Waals surface area (Å²) in [5.74, 6) is -2.99. The highest BCUT2D eigenvalue weighted by atomic mass is 19.3. The first-order valence-corrected chi connectivity index (χ1v) is 8.52. The fourth-order valence-corrected chi connectivity index (χ4v) is 3.21. The summed E-state index contributed by atoms with van der Waals surface area (Å²) in [6.07, 6.45) is 6.39. The number of amides is 1. The Bertz CT molecular complexity index is 1020. The molecule has 0 aromatic carbocycles. The Morgan fingerprint density at radius 1 is 1.15 bits per heavy atom. The molecule has 0 radical (unpaired) electrons. The summed E-state index contributed by atoms with van der Waals surface area (Å²) < 4.78 is 28.3. The van der Waals surface area contributed by atoms with Crippen molar-refractivity contribution in [2.24, 2.45) is 0 Å². The van der Waals surface area contributed by atoms with Crippen LogP contribution >= 0.6 is 0 Å². The third-order valence-corrected chi connectivity index (χ3v) is 4.71. The van der Waals surface area contributed by atoms with Gasteiger partial charge in [0.05, 0.1) is 17.4 Å². The Hall–Kier alpha value is -3.16. The van der Waals surface area contributed by atoms with Gasteiger partial charge in [0.2, 0.25) is 0 Å². The van der Waals surface area contributed by atoms with Crippen LogP contribution in [0.5, 0.6) is 0 Å². The van der Waals surface area contributed by atoms with Crippen LogP contribution in [-0.4, -0.2) is 50.6 Å². The molecule has 0 aliphatic carbocycles. The van der Waals surface area contributed by atoms with Gasteiger partial charge < -0.3 is 4.90 Å². The second-order valence-electron chi connectivity index (χ2n) is 6.57. The molecule has 0 N–H and O–H groups in total. The predicted molar refractivity (Wildman–Crippen MR) is 94.3 cm³/mol. The van der Waals surface area contributed by atoms with E-state index in [4.69, 9.17) is 0 Å². The molecule has 3 aromatic heterocycles. The molecule has 8 heteroatoms. The summed E-state index contributed by atoms with van der Waals surface area (Å²) in [5, 5.41) is 0.736. The highest BCUT2D eigenvalue weighted by molar-refractivity contribution is 5.97. The molecular formula is C19H16F2N4O2. The van der Waals surface area contributed by atoms with E-state index in [2.05, 4.69) is 9.97 Å². The van der Waals surface area contributed by atoms with E-state index in [-0.39, 0.29) is 31.8 Å². The van der Waals surface area contributed by atoms with Crippen LogP contribution < -0.4 is 0 Å². The molecule has 1 fully saturated rings. The van der Waals surface area contributed by atoms with E-state index in [0.29, 0.717) is 28.7 Å². The number of hydrogen-bond acceptors (Lipinski definition) is 4. The van der Waals surface area contributed by atoms with Crippen molar-refractivity contribution in [3.63, 3.8) is 0 Å². The van der Waals surface area contributed by atoms with Crippen LogP contribution in [0.4, 0.5) is 8.78 Å². The minimum atomic E-state index is -2.69.